The van der Waals surface area contributed by atoms with Crippen molar-refractivity contribution in [1.82, 2.24) is 14.8 Å². The van der Waals surface area contributed by atoms with Crippen LogP contribution in [-0.2, 0) is 16.1 Å². The molecule has 174 valence electrons. The van der Waals surface area contributed by atoms with Crippen LogP contribution < -0.4 is 5.32 Å². The summed E-state index contributed by atoms with van der Waals surface area (Å²) >= 11 is 0. The quantitative estimate of drug-likeness (QED) is 0.244. The van der Waals surface area contributed by atoms with Gasteiger partial charge in [-0.05, 0) is 18.1 Å². The topological polar surface area (TPSA) is 112 Å². The maximum atomic E-state index is 13.4. The number of carbonyl (C=O) groups excluding carboxylic acids is 1. The molecule has 0 bridgehead atoms. The van der Waals surface area contributed by atoms with Crippen molar-refractivity contribution < 1.29 is 14.5 Å². The third kappa shape index (κ3) is 4.39. The van der Waals surface area contributed by atoms with Gasteiger partial charge in [-0.25, -0.2) is 9.48 Å². The number of hydrogen-bond acceptors (Lipinski definition) is 7. The van der Waals surface area contributed by atoms with E-state index >= 15 is 0 Å². The molecule has 35 heavy (non-hydrogen) atoms. The molecule has 3 aromatic carbocycles. The summed E-state index contributed by atoms with van der Waals surface area (Å²) in [7, 11) is 0. The molecule has 0 spiro atoms. The van der Waals surface area contributed by atoms with Crippen LogP contribution in [-0.4, -0.2) is 25.7 Å². The number of rotatable bonds is 6. The third-order valence-electron chi connectivity index (χ3n) is 5.71. The van der Waals surface area contributed by atoms with Crippen LogP contribution >= 0.6 is 0 Å². The van der Waals surface area contributed by atoms with E-state index in [0.29, 0.717) is 28.6 Å². The minimum absolute atomic E-state index is 0.0827. The maximum absolute atomic E-state index is 13.4. The van der Waals surface area contributed by atoms with Crippen LogP contribution in [0.1, 0.15) is 24.1 Å². The van der Waals surface area contributed by atoms with Gasteiger partial charge in [0, 0.05) is 23.4 Å². The van der Waals surface area contributed by atoms with Gasteiger partial charge in [0.05, 0.1) is 10.5 Å². The van der Waals surface area contributed by atoms with Crippen molar-refractivity contribution in [2.45, 2.75) is 19.6 Å². The predicted octanol–water partition coefficient (Wildman–Crippen LogP) is 4.89. The lowest BCUT2D eigenvalue weighted by atomic mass is 9.95. The first kappa shape index (κ1) is 22.0. The molecule has 1 aromatic heterocycles. The fourth-order valence-electron chi connectivity index (χ4n) is 4.04. The Bertz CT molecular complexity index is 1430. The Balaban J connectivity index is 1.57. The first-order valence-electron chi connectivity index (χ1n) is 11.0. The van der Waals surface area contributed by atoms with Crippen LogP contribution in [0.3, 0.4) is 0 Å². The molecule has 0 saturated carbocycles. The van der Waals surface area contributed by atoms with E-state index in [1.165, 1.54) is 12.1 Å². The van der Waals surface area contributed by atoms with Crippen molar-refractivity contribution in [2.75, 3.05) is 5.32 Å². The molecular weight excluding hydrogens is 446 g/mol. The number of fused-ring (bicyclic) bond motifs is 1. The van der Waals surface area contributed by atoms with E-state index in [4.69, 9.17) is 4.74 Å². The molecule has 1 atom stereocenters. The Morgan fingerprint density at radius 3 is 2.49 bits per heavy atom. The summed E-state index contributed by atoms with van der Waals surface area (Å²) in [5, 5.41) is 19.3. The van der Waals surface area contributed by atoms with Gasteiger partial charge < -0.3 is 10.1 Å². The van der Waals surface area contributed by atoms with E-state index in [9.17, 15) is 14.9 Å². The Labute approximate surface area is 200 Å². The lowest BCUT2D eigenvalue weighted by molar-refractivity contribution is -0.384. The summed E-state index contributed by atoms with van der Waals surface area (Å²) in [5.74, 6) is 0.352. The number of hydrogen-bond donors (Lipinski definition) is 1. The number of ether oxygens (including phenoxy) is 1. The molecule has 1 unspecified atom stereocenters. The molecule has 1 aliphatic heterocycles. The highest BCUT2D eigenvalue weighted by molar-refractivity contribution is 5.92. The van der Waals surface area contributed by atoms with Crippen LogP contribution in [0.15, 0.2) is 96.2 Å². The predicted molar refractivity (Wildman–Crippen MR) is 129 cm³/mol. The fourth-order valence-corrected chi connectivity index (χ4v) is 4.04. The highest BCUT2D eigenvalue weighted by atomic mass is 16.6. The van der Waals surface area contributed by atoms with Crippen molar-refractivity contribution in [3.8, 4) is 11.4 Å². The zero-order valence-corrected chi connectivity index (χ0v) is 18.8. The van der Waals surface area contributed by atoms with E-state index < -0.39 is 16.9 Å². The smallest absolute Gasteiger partial charge is 0.338 e. The number of non-ortho nitro benzene ring substituents is 1. The van der Waals surface area contributed by atoms with Gasteiger partial charge in [-0.2, -0.15) is 4.98 Å². The highest BCUT2D eigenvalue weighted by Gasteiger charge is 2.36. The lowest BCUT2D eigenvalue weighted by Gasteiger charge is -2.28. The molecule has 0 saturated heterocycles. The number of nitro groups is 1. The summed E-state index contributed by atoms with van der Waals surface area (Å²) in [4.78, 5) is 29.0. The average Bonchev–Trinajstić information content (AvgIpc) is 3.31. The number of esters is 1. The van der Waals surface area contributed by atoms with Crippen LogP contribution in [0, 0.1) is 10.1 Å². The third-order valence-corrected chi connectivity index (χ3v) is 5.71. The Morgan fingerprint density at radius 2 is 1.77 bits per heavy atom. The molecule has 0 aliphatic carbocycles. The second-order valence-electron chi connectivity index (χ2n) is 8.05. The number of nitrogens with one attached hydrogen (secondary N) is 1. The number of allylic oxidation sites excluding steroid dienone is 1. The molecule has 1 N–H and O–H groups in total. The average molecular weight is 467 g/mol. The first-order valence-corrected chi connectivity index (χ1v) is 11.0. The first-order chi connectivity index (χ1) is 17.0. The van der Waals surface area contributed by atoms with Gasteiger partial charge in [-0.1, -0.05) is 72.8 Å². The second kappa shape index (κ2) is 9.22. The number of nitro benzene ring substituents is 1. The standard InChI is InChI=1S/C26H21N5O4/c1-17-22(25(32)35-16-18-9-4-2-5-10-18)23(20-13-8-14-21(15-20)31(33)34)30-26(27-17)28-24(29-30)19-11-6-3-7-12-19/h2-15,23H,16H2,1H3,(H,27,28,29). The summed E-state index contributed by atoms with van der Waals surface area (Å²) in [6.07, 6.45) is 0. The van der Waals surface area contributed by atoms with E-state index in [1.807, 2.05) is 60.7 Å². The normalized spacial score (nSPS) is 14.7. The summed E-state index contributed by atoms with van der Waals surface area (Å²) in [6, 6.07) is 24.2. The zero-order valence-electron chi connectivity index (χ0n) is 18.8. The van der Waals surface area contributed by atoms with E-state index in [2.05, 4.69) is 15.4 Å². The Morgan fingerprint density at radius 1 is 1.06 bits per heavy atom. The maximum Gasteiger partial charge on any atom is 0.338 e. The molecule has 9 heteroatoms. The minimum atomic E-state index is -0.764. The number of nitrogens with zero attached hydrogens (tertiary/aromatic N) is 4. The molecule has 0 fully saturated rings. The molecule has 5 rings (SSSR count). The molecule has 0 radical (unpaired) electrons. The van der Waals surface area contributed by atoms with Crippen molar-refractivity contribution in [2.24, 2.45) is 0 Å². The van der Waals surface area contributed by atoms with Crippen LogP contribution in [0.5, 0.6) is 0 Å². The van der Waals surface area contributed by atoms with Gasteiger partial charge >= 0.3 is 5.97 Å². The molecule has 2 heterocycles. The Hall–Kier alpha value is -4.79. The van der Waals surface area contributed by atoms with Crippen molar-refractivity contribution in [1.29, 1.82) is 0 Å². The number of anilines is 1. The van der Waals surface area contributed by atoms with Gasteiger partial charge in [0.1, 0.15) is 12.6 Å². The van der Waals surface area contributed by atoms with Gasteiger partial charge in [-0.15, -0.1) is 5.10 Å². The van der Waals surface area contributed by atoms with E-state index in [-0.39, 0.29) is 12.3 Å². The van der Waals surface area contributed by atoms with Crippen molar-refractivity contribution >= 4 is 17.6 Å². The van der Waals surface area contributed by atoms with E-state index in [0.717, 1.165) is 11.1 Å². The van der Waals surface area contributed by atoms with Crippen LogP contribution in [0.25, 0.3) is 11.4 Å². The fraction of sp³-hybridized carbons (Fsp3) is 0.115. The molecule has 0 amide bonds. The summed E-state index contributed by atoms with van der Waals surface area (Å²) < 4.78 is 7.22. The van der Waals surface area contributed by atoms with Crippen LogP contribution in [0.4, 0.5) is 11.6 Å². The van der Waals surface area contributed by atoms with Gasteiger partial charge in [0.2, 0.25) is 5.95 Å². The minimum Gasteiger partial charge on any atom is -0.457 e. The molecule has 9 nitrogen and oxygen atoms in total. The zero-order chi connectivity index (χ0) is 24.4. The van der Waals surface area contributed by atoms with Gasteiger partial charge in [0.15, 0.2) is 5.82 Å². The summed E-state index contributed by atoms with van der Waals surface area (Å²) in [5.41, 5.74) is 2.94. The number of aromatic nitrogens is 3. The number of benzene rings is 3. The van der Waals surface area contributed by atoms with Crippen LogP contribution in [0.2, 0.25) is 0 Å². The number of carbonyl (C=O) groups is 1. The highest BCUT2D eigenvalue weighted by Crippen LogP contribution is 2.37. The van der Waals surface area contributed by atoms with Crippen molar-refractivity contribution in [3.63, 3.8) is 0 Å². The summed E-state index contributed by atoms with van der Waals surface area (Å²) in [6.45, 7) is 1.85. The second-order valence-corrected chi connectivity index (χ2v) is 8.05. The largest absolute Gasteiger partial charge is 0.457 e. The van der Waals surface area contributed by atoms with Gasteiger partial charge in [0.25, 0.3) is 5.69 Å². The monoisotopic (exact) mass is 467 g/mol. The van der Waals surface area contributed by atoms with E-state index in [1.54, 1.807) is 23.7 Å². The van der Waals surface area contributed by atoms with Gasteiger partial charge in [-0.3, -0.25) is 10.1 Å². The molecule has 4 aromatic rings. The molecule has 1 aliphatic rings. The SMILES string of the molecule is CC1=C(C(=O)OCc2ccccc2)C(c2cccc([N+](=O)[O-])c2)n2nc(-c3ccccc3)nc2N1. The van der Waals surface area contributed by atoms with Crippen molar-refractivity contribution in [3.05, 3.63) is 117 Å². The lowest BCUT2D eigenvalue weighted by Crippen LogP contribution is -2.29. The Kier molecular flexibility index (Phi) is 5.80. The molecular formula is C26H21N5O4.